The molecule has 2 aromatic rings. The van der Waals surface area contributed by atoms with Gasteiger partial charge in [0.15, 0.2) is 0 Å². The number of aryl methyl sites for hydroxylation is 1. The maximum absolute atomic E-state index is 12.7. The minimum absolute atomic E-state index is 0.153. The molecular formula is C22H30N4O2. The summed E-state index contributed by atoms with van der Waals surface area (Å²) in [6.45, 7) is 5.62. The fourth-order valence-electron chi connectivity index (χ4n) is 3.72. The Balaban J connectivity index is 1.65. The summed E-state index contributed by atoms with van der Waals surface area (Å²) >= 11 is 0. The van der Waals surface area contributed by atoms with Gasteiger partial charge in [0.25, 0.3) is 5.91 Å². The van der Waals surface area contributed by atoms with Crippen LogP contribution in [0.3, 0.4) is 0 Å². The van der Waals surface area contributed by atoms with E-state index in [2.05, 4.69) is 27.1 Å². The molecule has 1 aliphatic heterocycles. The Labute approximate surface area is 167 Å². The van der Waals surface area contributed by atoms with Gasteiger partial charge in [0.05, 0.1) is 7.11 Å². The van der Waals surface area contributed by atoms with Crippen LogP contribution < -0.4 is 15.0 Å². The van der Waals surface area contributed by atoms with E-state index in [1.54, 1.807) is 13.2 Å². The Bertz CT molecular complexity index is 809. The highest BCUT2D eigenvalue weighted by atomic mass is 16.5. The molecule has 0 radical (unpaired) electrons. The summed E-state index contributed by atoms with van der Waals surface area (Å²) in [4.78, 5) is 24.1. The Morgan fingerprint density at radius 1 is 1.29 bits per heavy atom. The summed E-state index contributed by atoms with van der Waals surface area (Å²) in [5.41, 5.74) is 2.38. The predicted octanol–water partition coefficient (Wildman–Crippen LogP) is 3.54. The third-order valence-electron chi connectivity index (χ3n) is 5.26. The van der Waals surface area contributed by atoms with Crippen molar-refractivity contribution < 1.29 is 9.53 Å². The first-order valence-electron chi connectivity index (χ1n) is 10.1. The number of amides is 1. The van der Waals surface area contributed by atoms with E-state index in [-0.39, 0.29) is 5.91 Å². The first kappa shape index (κ1) is 20.1. The van der Waals surface area contributed by atoms with Crippen LogP contribution in [0.25, 0.3) is 0 Å². The molecule has 0 spiro atoms. The molecule has 1 saturated heterocycles. The number of methoxy groups -OCH3 is 1. The fourth-order valence-corrected chi connectivity index (χ4v) is 3.72. The van der Waals surface area contributed by atoms with Gasteiger partial charge in [-0.2, -0.15) is 0 Å². The van der Waals surface area contributed by atoms with E-state index in [0.29, 0.717) is 24.2 Å². The van der Waals surface area contributed by atoms with Crippen LogP contribution in [0.1, 0.15) is 54.4 Å². The van der Waals surface area contributed by atoms with Crippen molar-refractivity contribution in [2.75, 3.05) is 25.1 Å². The lowest BCUT2D eigenvalue weighted by Gasteiger charge is -2.35. The normalized spacial score (nSPS) is 16.7. The summed E-state index contributed by atoms with van der Waals surface area (Å²) in [6, 6.07) is 10.1. The largest absolute Gasteiger partial charge is 0.497 e. The molecule has 1 fully saturated rings. The van der Waals surface area contributed by atoms with Crippen molar-refractivity contribution in [2.24, 2.45) is 0 Å². The Morgan fingerprint density at radius 3 is 2.93 bits per heavy atom. The molecule has 6 heteroatoms. The minimum Gasteiger partial charge on any atom is -0.497 e. The van der Waals surface area contributed by atoms with Crippen molar-refractivity contribution in [3.63, 3.8) is 0 Å². The van der Waals surface area contributed by atoms with Gasteiger partial charge in [0.2, 0.25) is 5.95 Å². The number of piperidine rings is 1. The number of hydrogen-bond acceptors (Lipinski definition) is 5. The number of aromatic nitrogens is 2. The Kier molecular flexibility index (Phi) is 6.85. The van der Waals surface area contributed by atoms with Crippen LogP contribution in [-0.2, 0) is 6.42 Å². The predicted molar refractivity (Wildman–Crippen MR) is 111 cm³/mol. The molecular weight excluding hydrogens is 352 g/mol. The first-order valence-corrected chi connectivity index (χ1v) is 10.1. The zero-order chi connectivity index (χ0) is 19.9. The number of benzene rings is 1. The van der Waals surface area contributed by atoms with Gasteiger partial charge in [0.1, 0.15) is 11.4 Å². The molecule has 1 unspecified atom stereocenters. The maximum atomic E-state index is 12.7. The van der Waals surface area contributed by atoms with Crippen LogP contribution in [0.15, 0.2) is 30.3 Å². The molecule has 1 N–H and O–H groups in total. The lowest BCUT2D eigenvalue weighted by Crippen LogP contribution is -2.40. The molecule has 1 atom stereocenters. The van der Waals surface area contributed by atoms with E-state index in [1.807, 2.05) is 31.2 Å². The van der Waals surface area contributed by atoms with Crippen molar-refractivity contribution in [3.05, 3.63) is 47.3 Å². The summed E-state index contributed by atoms with van der Waals surface area (Å²) < 4.78 is 5.24. The summed E-state index contributed by atoms with van der Waals surface area (Å²) in [6.07, 6.45) is 5.37. The Hall–Kier alpha value is -2.63. The molecule has 0 saturated carbocycles. The standard InChI is InChI=1S/C22H30N4O2/c1-4-18-9-5-6-13-26(18)22-24-16(2)14-20(25-22)21(27)23-12-11-17-8-7-10-19(15-17)28-3/h7-8,10,14-15,18H,4-6,9,11-13H2,1-3H3,(H,23,27). The highest BCUT2D eigenvalue weighted by molar-refractivity contribution is 5.92. The van der Waals surface area contributed by atoms with Crippen molar-refractivity contribution in [3.8, 4) is 5.75 Å². The van der Waals surface area contributed by atoms with Crippen LogP contribution in [0.2, 0.25) is 0 Å². The third-order valence-corrected chi connectivity index (χ3v) is 5.26. The van der Waals surface area contributed by atoms with Gasteiger partial charge in [-0.15, -0.1) is 0 Å². The minimum atomic E-state index is -0.153. The molecule has 1 aliphatic rings. The molecule has 1 amide bonds. The number of carbonyl (C=O) groups excluding carboxylic acids is 1. The van der Waals surface area contributed by atoms with Crippen molar-refractivity contribution in [2.45, 2.75) is 52.0 Å². The number of nitrogens with zero attached hydrogens (tertiary/aromatic N) is 3. The molecule has 2 heterocycles. The average molecular weight is 383 g/mol. The second kappa shape index (κ2) is 9.53. The van der Waals surface area contributed by atoms with E-state index >= 15 is 0 Å². The van der Waals surface area contributed by atoms with Crippen LogP contribution in [0.4, 0.5) is 5.95 Å². The molecule has 3 rings (SSSR count). The lowest BCUT2D eigenvalue weighted by atomic mass is 10.0. The van der Waals surface area contributed by atoms with Crippen molar-refractivity contribution in [1.82, 2.24) is 15.3 Å². The molecule has 6 nitrogen and oxygen atoms in total. The van der Waals surface area contributed by atoms with E-state index in [1.165, 1.54) is 6.42 Å². The SMILES string of the molecule is CCC1CCCCN1c1nc(C)cc(C(=O)NCCc2cccc(OC)c2)n1. The number of nitrogens with one attached hydrogen (secondary N) is 1. The summed E-state index contributed by atoms with van der Waals surface area (Å²) in [5.74, 6) is 1.36. The van der Waals surface area contributed by atoms with Crippen LogP contribution in [0, 0.1) is 6.92 Å². The van der Waals surface area contributed by atoms with Crippen LogP contribution in [0.5, 0.6) is 5.75 Å². The molecule has 1 aromatic heterocycles. The molecule has 28 heavy (non-hydrogen) atoms. The molecule has 1 aromatic carbocycles. The monoisotopic (exact) mass is 382 g/mol. The zero-order valence-electron chi connectivity index (χ0n) is 17.1. The fraction of sp³-hybridized carbons (Fsp3) is 0.500. The topological polar surface area (TPSA) is 67.4 Å². The lowest BCUT2D eigenvalue weighted by molar-refractivity contribution is 0.0949. The number of carbonyl (C=O) groups is 1. The smallest absolute Gasteiger partial charge is 0.270 e. The highest BCUT2D eigenvalue weighted by Crippen LogP contribution is 2.24. The van der Waals surface area contributed by atoms with E-state index in [4.69, 9.17) is 4.74 Å². The van der Waals surface area contributed by atoms with Crippen LogP contribution in [-0.4, -0.2) is 42.1 Å². The third kappa shape index (κ3) is 5.00. The number of ether oxygens (including phenoxy) is 1. The second-order valence-corrected chi connectivity index (χ2v) is 7.30. The van der Waals surface area contributed by atoms with Gasteiger partial charge in [-0.05, 0) is 62.8 Å². The van der Waals surface area contributed by atoms with E-state index in [9.17, 15) is 4.79 Å². The van der Waals surface area contributed by atoms with Crippen molar-refractivity contribution in [1.29, 1.82) is 0 Å². The van der Waals surface area contributed by atoms with Gasteiger partial charge in [0, 0.05) is 24.8 Å². The first-order chi connectivity index (χ1) is 13.6. The average Bonchev–Trinajstić information content (AvgIpc) is 2.73. The number of anilines is 1. The maximum Gasteiger partial charge on any atom is 0.270 e. The second-order valence-electron chi connectivity index (χ2n) is 7.30. The molecule has 0 bridgehead atoms. The van der Waals surface area contributed by atoms with Gasteiger partial charge in [-0.3, -0.25) is 4.79 Å². The highest BCUT2D eigenvalue weighted by Gasteiger charge is 2.24. The van der Waals surface area contributed by atoms with E-state index < -0.39 is 0 Å². The summed E-state index contributed by atoms with van der Waals surface area (Å²) in [5, 5.41) is 2.98. The van der Waals surface area contributed by atoms with Crippen LogP contribution >= 0.6 is 0 Å². The quantitative estimate of drug-likeness (QED) is 0.793. The van der Waals surface area contributed by atoms with Crippen molar-refractivity contribution >= 4 is 11.9 Å². The molecule has 0 aliphatic carbocycles. The van der Waals surface area contributed by atoms with E-state index in [0.717, 1.165) is 49.2 Å². The number of rotatable bonds is 7. The summed E-state index contributed by atoms with van der Waals surface area (Å²) in [7, 11) is 1.65. The van der Waals surface area contributed by atoms with Gasteiger partial charge < -0.3 is 15.0 Å². The number of hydrogen-bond donors (Lipinski definition) is 1. The molecule has 150 valence electrons. The van der Waals surface area contributed by atoms with Gasteiger partial charge in [-0.1, -0.05) is 19.1 Å². The van der Waals surface area contributed by atoms with Gasteiger partial charge >= 0.3 is 0 Å². The van der Waals surface area contributed by atoms with Gasteiger partial charge in [-0.25, -0.2) is 9.97 Å². The zero-order valence-corrected chi connectivity index (χ0v) is 17.1. The Morgan fingerprint density at radius 2 is 2.14 bits per heavy atom.